The van der Waals surface area contributed by atoms with Gasteiger partial charge < -0.3 is 10.1 Å². The van der Waals surface area contributed by atoms with Gasteiger partial charge in [-0.05, 0) is 55.5 Å². The number of rotatable bonds is 9. The minimum Gasteiger partial charge on any atom is -0.474 e. The standard InChI is InChI=1S/C21H25N3O4S/c1-2-11-24-29(26,27)19-9-5-6-17(14-19)21(25)23-15-16-10-12-22-20(13-16)28-18-7-3-4-8-18/h2,5-6,9-10,12-14,18,24H,1,3-4,7-8,11,15H2,(H,23,25). The molecule has 1 aromatic heterocycles. The topological polar surface area (TPSA) is 97.4 Å². The molecule has 29 heavy (non-hydrogen) atoms. The fraction of sp³-hybridized carbons (Fsp3) is 0.333. The smallest absolute Gasteiger partial charge is 0.251 e. The number of pyridine rings is 1. The van der Waals surface area contributed by atoms with Crippen molar-refractivity contribution in [2.45, 2.75) is 43.2 Å². The summed E-state index contributed by atoms with van der Waals surface area (Å²) >= 11 is 0. The average molecular weight is 416 g/mol. The number of sulfonamides is 1. The van der Waals surface area contributed by atoms with Gasteiger partial charge in [0.2, 0.25) is 15.9 Å². The summed E-state index contributed by atoms with van der Waals surface area (Å²) < 4.78 is 32.7. The highest BCUT2D eigenvalue weighted by atomic mass is 32.2. The summed E-state index contributed by atoms with van der Waals surface area (Å²) in [7, 11) is -3.69. The van der Waals surface area contributed by atoms with Gasteiger partial charge in [-0.3, -0.25) is 4.79 Å². The number of ether oxygens (including phenoxy) is 1. The van der Waals surface area contributed by atoms with Crippen molar-refractivity contribution in [1.29, 1.82) is 0 Å². The number of carbonyl (C=O) groups is 1. The van der Waals surface area contributed by atoms with Gasteiger partial charge in [0, 0.05) is 30.9 Å². The molecule has 1 aromatic carbocycles. The Morgan fingerprint density at radius 3 is 2.79 bits per heavy atom. The van der Waals surface area contributed by atoms with E-state index in [1.807, 2.05) is 12.1 Å². The molecule has 0 aliphatic heterocycles. The van der Waals surface area contributed by atoms with Crippen molar-refractivity contribution in [3.05, 3.63) is 66.4 Å². The molecule has 8 heteroatoms. The monoisotopic (exact) mass is 415 g/mol. The van der Waals surface area contributed by atoms with Gasteiger partial charge in [-0.25, -0.2) is 18.1 Å². The Bertz CT molecular complexity index is 969. The molecule has 1 heterocycles. The molecule has 1 amide bonds. The minimum absolute atomic E-state index is 0.0307. The van der Waals surface area contributed by atoms with Crippen LogP contribution in [0.25, 0.3) is 0 Å². The summed E-state index contributed by atoms with van der Waals surface area (Å²) in [4.78, 5) is 16.8. The van der Waals surface area contributed by atoms with Gasteiger partial charge in [-0.15, -0.1) is 6.58 Å². The first kappa shape index (κ1) is 21.0. The van der Waals surface area contributed by atoms with E-state index in [2.05, 4.69) is 21.6 Å². The van der Waals surface area contributed by atoms with Crippen molar-refractivity contribution in [3.8, 4) is 5.88 Å². The summed E-state index contributed by atoms with van der Waals surface area (Å²) in [6, 6.07) is 9.53. The zero-order chi connectivity index (χ0) is 20.7. The summed E-state index contributed by atoms with van der Waals surface area (Å²) in [5.41, 5.74) is 1.13. The van der Waals surface area contributed by atoms with Crippen LogP contribution in [-0.2, 0) is 16.6 Å². The van der Waals surface area contributed by atoms with E-state index < -0.39 is 10.0 Å². The van der Waals surface area contributed by atoms with Crippen molar-refractivity contribution in [3.63, 3.8) is 0 Å². The molecule has 0 saturated heterocycles. The fourth-order valence-corrected chi connectivity index (χ4v) is 4.19. The number of carbonyl (C=O) groups excluding carboxylic acids is 1. The van der Waals surface area contributed by atoms with Crippen LogP contribution in [0.2, 0.25) is 0 Å². The Labute approximate surface area is 171 Å². The minimum atomic E-state index is -3.69. The number of amides is 1. The SMILES string of the molecule is C=CCNS(=O)(=O)c1cccc(C(=O)NCc2ccnc(OC3CCCC3)c2)c1. The van der Waals surface area contributed by atoms with Crippen LogP contribution in [-0.4, -0.2) is 32.0 Å². The molecule has 0 spiro atoms. The lowest BCUT2D eigenvalue weighted by atomic mass is 10.2. The van der Waals surface area contributed by atoms with Crippen molar-refractivity contribution in [2.75, 3.05) is 6.54 Å². The van der Waals surface area contributed by atoms with Gasteiger partial charge in [-0.2, -0.15) is 0 Å². The lowest BCUT2D eigenvalue weighted by Gasteiger charge is -2.13. The van der Waals surface area contributed by atoms with E-state index in [1.54, 1.807) is 12.3 Å². The second-order valence-corrected chi connectivity index (χ2v) is 8.64. The van der Waals surface area contributed by atoms with Gasteiger partial charge in [0.1, 0.15) is 6.10 Å². The Hall–Kier alpha value is -2.71. The predicted molar refractivity (Wildman–Crippen MR) is 110 cm³/mol. The first-order valence-electron chi connectivity index (χ1n) is 9.58. The van der Waals surface area contributed by atoms with Crippen LogP contribution in [0.3, 0.4) is 0 Å². The van der Waals surface area contributed by atoms with E-state index in [4.69, 9.17) is 4.74 Å². The van der Waals surface area contributed by atoms with Gasteiger partial charge >= 0.3 is 0 Å². The third-order valence-corrected chi connectivity index (χ3v) is 6.09. The fourth-order valence-electron chi connectivity index (χ4n) is 3.14. The Balaban J connectivity index is 1.62. The van der Waals surface area contributed by atoms with E-state index in [9.17, 15) is 13.2 Å². The Morgan fingerprint density at radius 1 is 1.24 bits per heavy atom. The van der Waals surface area contributed by atoms with Crippen molar-refractivity contribution in [2.24, 2.45) is 0 Å². The summed E-state index contributed by atoms with van der Waals surface area (Å²) in [6.45, 7) is 3.89. The molecule has 1 fully saturated rings. The maximum absolute atomic E-state index is 12.5. The van der Waals surface area contributed by atoms with Crippen LogP contribution in [0.5, 0.6) is 5.88 Å². The Morgan fingerprint density at radius 2 is 2.03 bits per heavy atom. The third-order valence-electron chi connectivity index (χ3n) is 4.67. The molecular weight excluding hydrogens is 390 g/mol. The van der Waals surface area contributed by atoms with Crippen LogP contribution in [0.15, 0.2) is 60.1 Å². The van der Waals surface area contributed by atoms with Gasteiger partial charge in [0.15, 0.2) is 0 Å². The average Bonchev–Trinajstić information content (AvgIpc) is 3.24. The van der Waals surface area contributed by atoms with Gasteiger partial charge in [0.05, 0.1) is 4.90 Å². The van der Waals surface area contributed by atoms with E-state index in [1.165, 1.54) is 37.1 Å². The van der Waals surface area contributed by atoms with Crippen LogP contribution in [0, 0.1) is 0 Å². The lowest BCUT2D eigenvalue weighted by molar-refractivity contribution is 0.0950. The zero-order valence-electron chi connectivity index (χ0n) is 16.1. The third kappa shape index (κ3) is 5.88. The first-order valence-corrected chi connectivity index (χ1v) is 11.1. The predicted octanol–water partition coefficient (Wildman–Crippen LogP) is 2.80. The summed E-state index contributed by atoms with van der Waals surface area (Å²) in [5, 5.41) is 2.80. The van der Waals surface area contributed by atoms with Crippen LogP contribution in [0.4, 0.5) is 0 Å². The van der Waals surface area contributed by atoms with Gasteiger partial charge in [0.25, 0.3) is 5.91 Å². The molecule has 0 bridgehead atoms. The van der Waals surface area contributed by atoms with Crippen LogP contribution >= 0.6 is 0 Å². The maximum Gasteiger partial charge on any atom is 0.251 e. The molecule has 2 N–H and O–H groups in total. The quantitative estimate of drug-likeness (QED) is 0.614. The number of nitrogens with zero attached hydrogens (tertiary/aromatic N) is 1. The molecule has 1 saturated carbocycles. The van der Waals surface area contributed by atoms with E-state index in [0.29, 0.717) is 5.88 Å². The molecule has 154 valence electrons. The lowest BCUT2D eigenvalue weighted by Crippen LogP contribution is -2.25. The van der Waals surface area contributed by atoms with Crippen molar-refractivity contribution in [1.82, 2.24) is 15.0 Å². The molecule has 0 unspecified atom stereocenters. The second-order valence-electron chi connectivity index (χ2n) is 6.88. The van der Waals surface area contributed by atoms with Crippen LogP contribution < -0.4 is 14.8 Å². The first-order chi connectivity index (χ1) is 14.0. The Kier molecular flexibility index (Phi) is 7.00. The molecule has 2 aromatic rings. The van der Waals surface area contributed by atoms with E-state index >= 15 is 0 Å². The molecule has 0 radical (unpaired) electrons. The maximum atomic E-state index is 12.5. The molecule has 1 aliphatic rings. The number of benzene rings is 1. The highest BCUT2D eigenvalue weighted by Crippen LogP contribution is 2.23. The molecule has 0 atom stereocenters. The van der Waals surface area contributed by atoms with Crippen molar-refractivity contribution >= 4 is 15.9 Å². The van der Waals surface area contributed by atoms with Gasteiger partial charge in [-0.1, -0.05) is 12.1 Å². The molecule has 1 aliphatic carbocycles. The van der Waals surface area contributed by atoms with E-state index in [-0.39, 0.29) is 35.6 Å². The molecular formula is C21H25N3O4S. The van der Waals surface area contributed by atoms with Crippen molar-refractivity contribution < 1.29 is 17.9 Å². The normalized spacial score (nSPS) is 14.5. The largest absolute Gasteiger partial charge is 0.474 e. The number of nitrogens with one attached hydrogen (secondary N) is 2. The number of aromatic nitrogens is 1. The highest BCUT2D eigenvalue weighted by molar-refractivity contribution is 7.89. The summed E-state index contributed by atoms with van der Waals surface area (Å²) in [5.74, 6) is 0.200. The summed E-state index contributed by atoms with van der Waals surface area (Å²) in [6.07, 6.45) is 7.77. The zero-order valence-corrected chi connectivity index (χ0v) is 17.0. The number of hydrogen-bond acceptors (Lipinski definition) is 5. The number of hydrogen-bond donors (Lipinski definition) is 2. The highest BCUT2D eigenvalue weighted by Gasteiger charge is 2.18. The molecule has 7 nitrogen and oxygen atoms in total. The van der Waals surface area contributed by atoms with E-state index in [0.717, 1.165) is 18.4 Å². The van der Waals surface area contributed by atoms with Crippen LogP contribution in [0.1, 0.15) is 41.6 Å². The second kappa shape index (κ2) is 9.67. The molecule has 3 rings (SSSR count).